The molecule has 33 heavy (non-hydrogen) atoms. The van der Waals surface area contributed by atoms with Gasteiger partial charge in [0.2, 0.25) is 0 Å². The Morgan fingerprint density at radius 1 is 0.424 bits per heavy atom. The number of rotatable bonds is 26. The Morgan fingerprint density at radius 3 is 0.879 bits per heavy atom. The first-order valence-electron chi connectivity index (χ1n) is 14.7. The fourth-order valence-corrected chi connectivity index (χ4v) is 24.4. The van der Waals surface area contributed by atoms with E-state index >= 15 is 0 Å². The predicted molar refractivity (Wildman–Crippen MR) is 145 cm³/mol. The van der Waals surface area contributed by atoms with Crippen molar-refractivity contribution in [3.63, 3.8) is 0 Å². The van der Waals surface area contributed by atoms with Crippen molar-refractivity contribution < 1.29 is 26.1 Å². The molecule has 2 N–H and O–H groups in total. The van der Waals surface area contributed by atoms with E-state index in [1.165, 1.54) is 103 Å². The molecule has 4 nitrogen and oxygen atoms in total. The van der Waals surface area contributed by atoms with Crippen LogP contribution < -0.4 is 0 Å². The third-order valence-electron chi connectivity index (χ3n) is 6.98. The fourth-order valence-electron chi connectivity index (χ4n) is 4.69. The first kappa shape index (κ1) is 33.5. The van der Waals surface area contributed by atoms with Crippen LogP contribution in [-0.2, 0) is 17.8 Å². The standard InChI is InChI=1S/2C13H29Si.Cr.2H2O.2O/c2*1-2-3-4-5-6-7-8-9-10-11-12-13-14;;;;;/h2*2-14H2,1H3;;2*1H2;;/q;;+2;;;;/p-2. The van der Waals surface area contributed by atoms with Crippen LogP contribution in [0.4, 0.5) is 0 Å². The molecule has 0 unspecified atom stereocenters. The molecule has 0 saturated heterocycles. The Morgan fingerprint density at radius 2 is 0.636 bits per heavy atom. The van der Waals surface area contributed by atoms with Crippen molar-refractivity contribution in [3.8, 4) is 0 Å². The van der Waals surface area contributed by atoms with E-state index in [-0.39, 0.29) is 0 Å². The molecule has 202 valence electrons. The minimum Gasteiger partial charge on any atom is -0.0654 e. The maximum atomic E-state index is 12.7. The summed E-state index contributed by atoms with van der Waals surface area (Å²) >= 11 is 0. The Bertz CT molecular complexity index is 564. The van der Waals surface area contributed by atoms with Crippen molar-refractivity contribution in [2.45, 2.75) is 167 Å². The van der Waals surface area contributed by atoms with Gasteiger partial charge in [0.25, 0.3) is 0 Å². The molecule has 0 aromatic rings. The van der Waals surface area contributed by atoms with Crippen molar-refractivity contribution in [2.24, 2.45) is 0 Å². The van der Waals surface area contributed by atoms with Crippen molar-refractivity contribution in [3.05, 3.63) is 0 Å². The van der Waals surface area contributed by atoms with E-state index in [0.29, 0.717) is 12.1 Å². The molecule has 0 spiro atoms. The molecule has 0 bridgehead atoms. The summed E-state index contributed by atoms with van der Waals surface area (Å²) in [6, 6.07) is 1.08. The van der Waals surface area contributed by atoms with Crippen LogP contribution >= 0.6 is 0 Å². The monoisotopic (exact) mass is 544 g/mol. The van der Waals surface area contributed by atoms with Crippen molar-refractivity contribution in [2.75, 3.05) is 0 Å². The number of unbranched alkanes of at least 4 members (excludes halogenated alkanes) is 20. The Balaban J connectivity index is 3.66. The van der Waals surface area contributed by atoms with E-state index in [1.54, 1.807) is 0 Å². The molecule has 0 heterocycles. The van der Waals surface area contributed by atoms with Crippen LogP contribution in [0.5, 0.6) is 0 Å². The molecule has 0 fully saturated rings. The SMILES string of the molecule is CCCCCCCCCCCCC[SiH2][Cr](=[O])(=[O])([OH])([OH])[SiH2]CCCCCCCCCCCCC. The zero-order chi connectivity index (χ0) is 24.8. The minimum absolute atomic E-state index is 0.539. The quantitative estimate of drug-likeness (QED) is 0.0882. The van der Waals surface area contributed by atoms with Crippen LogP contribution in [0, 0.1) is 0 Å². The van der Waals surface area contributed by atoms with Gasteiger partial charge in [-0.3, -0.25) is 0 Å². The third kappa shape index (κ3) is 25.4. The Labute approximate surface area is 209 Å². The van der Waals surface area contributed by atoms with Gasteiger partial charge in [0, 0.05) is 0 Å². The molecule has 0 aromatic heterocycles. The van der Waals surface area contributed by atoms with Crippen molar-refractivity contribution in [1.29, 1.82) is 0 Å². The Kier molecular flexibility index (Phi) is 19.0. The van der Waals surface area contributed by atoms with Gasteiger partial charge >= 0.3 is 183 Å². The topological polar surface area (TPSA) is 74.6 Å². The average molecular weight is 545 g/mol. The normalized spacial score (nSPS) is 15.0. The van der Waals surface area contributed by atoms with Gasteiger partial charge in [0.15, 0.2) is 0 Å². The van der Waals surface area contributed by atoms with Crippen LogP contribution in [-0.4, -0.2) is 24.5 Å². The van der Waals surface area contributed by atoms with Gasteiger partial charge in [-0.15, -0.1) is 0 Å². The second kappa shape index (κ2) is 18.7. The smallest absolute Gasteiger partial charge is 0.0654 e. The van der Waals surface area contributed by atoms with E-state index in [4.69, 9.17) is 0 Å². The fraction of sp³-hybridized carbons (Fsp3) is 1.00. The summed E-state index contributed by atoms with van der Waals surface area (Å²) in [7, 11) is -10.3. The molecular formula is C26H60CrO4Si2. The van der Waals surface area contributed by atoms with E-state index < -0.39 is 26.3 Å². The van der Waals surface area contributed by atoms with Crippen LogP contribution in [0.2, 0.25) is 12.1 Å². The van der Waals surface area contributed by atoms with E-state index in [9.17, 15) is 15.9 Å². The third-order valence-corrected chi connectivity index (χ3v) is 29.6. The summed E-state index contributed by atoms with van der Waals surface area (Å²) in [5.41, 5.74) is 0. The molecule has 0 atom stereocenters. The molecule has 0 rings (SSSR count). The molecule has 0 saturated carbocycles. The van der Waals surface area contributed by atoms with Gasteiger partial charge in [-0.25, -0.2) is 0 Å². The molecule has 0 aliphatic carbocycles. The molecule has 0 aliphatic rings. The van der Waals surface area contributed by atoms with Crippen LogP contribution in [0.3, 0.4) is 0 Å². The molecule has 0 aliphatic heterocycles. The molecule has 7 heteroatoms. The van der Waals surface area contributed by atoms with Crippen molar-refractivity contribution >= 4 is 16.2 Å². The molecular weight excluding hydrogens is 484 g/mol. The van der Waals surface area contributed by atoms with Crippen LogP contribution in [0.1, 0.15) is 155 Å². The first-order chi connectivity index (χ1) is 15.6. The average Bonchev–Trinajstić information content (AvgIpc) is 2.74. The molecule has 0 radical (unpaired) electrons. The van der Waals surface area contributed by atoms with Gasteiger partial charge < -0.3 is 0 Å². The Hall–Kier alpha value is 0.486. The minimum atomic E-state index is -6.65. The summed E-state index contributed by atoms with van der Waals surface area (Å²) in [5, 5.41) is 0. The maximum absolute atomic E-state index is 12.7. The van der Waals surface area contributed by atoms with E-state index in [2.05, 4.69) is 13.8 Å². The van der Waals surface area contributed by atoms with E-state index in [1.807, 2.05) is 0 Å². The van der Waals surface area contributed by atoms with Gasteiger partial charge in [0.05, 0.1) is 0 Å². The summed E-state index contributed by atoms with van der Waals surface area (Å²) < 4.78 is 45.9. The zero-order valence-corrected chi connectivity index (χ0v) is 26.6. The van der Waals surface area contributed by atoms with Gasteiger partial charge in [0.1, 0.15) is 0 Å². The summed E-state index contributed by atoms with van der Waals surface area (Å²) in [4.78, 5) is 0. The first-order valence-corrected chi connectivity index (χ1v) is 25.4. The zero-order valence-electron chi connectivity index (χ0n) is 22.5. The number of hydrogen-bond acceptors (Lipinski definition) is 2. The second-order valence-corrected chi connectivity index (χ2v) is 36.9. The molecule has 0 aromatic carbocycles. The van der Waals surface area contributed by atoms with Crippen LogP contribution in [0.25, 0.3) is 0 Å². The van der Waals surface area contributed by atoms with Crippen molar-refractivity contribution in [1.82, 2.24) is 0 Å². The molecule has 0 amide bonds. The van der Waals surface area contributed by atoms with Gasteiger partial charge in [-0.05, 0) is 0 Å². The van der Waals surface area contributed by atoms with E-state index in [0.717, 1.165) is 38.5 Å². The second-order valence-electron chi connectivity index (χ2n) is 10.8. The summed E-state index contributed by atoms with van der Waals surface area (Å²) in [5.74, 6) is 0. The predicted octanol–water partition coefficient (Wildman–Crippen LogP) is 7.34. The van der Waals surface area contributed by atoms with Crippen LogP contribution in [0.15, 0.2) is 0 Å². The van der Waals surface area contributed by atoms with Gasteiger partial charge in [-0.2, -0.15) is 0 Å². The summed E-state index contributed by atoms with van der Waals surface area (Å²) in [6.07, 6.45) is 27.1. The number of hydrogen-bond donors (Lipinski definition) is 2. The summed E-state index contributed by atoms with van der Waals surface area (Å²) in [6.45, 7) is 4.49. The van der Waals surface area contributed by atoms with Gasteiger partial charge in [-0.1, -0.05) is 26.7 Å².